The minimum Gasteiger partial charge on any atom is -0.383 e. The van der Waals surface area contributed by atoms with Gasteiger partial charge in [0, 0.05) is 52.9 Å². The molecule has 1 unspecified atom stereocenters. The number of nitrogens with zero attached hydrogens (tertiary/aromatic N) is 3. The lowest BCUT2D eigenvalue weighted by atomic mass is 10.2. The number of ether oxygens (including phenoxy) is 1. The molecule has 2 aliphatic heterocycles. The van der Waals surface area contributed by atoms with Gasteiger partial charge in [-0.1, -0.05) is 12.1 Å². The molecule has 2 fully saturated rings. The summed E-state index contributed by atoms with van der Waals surface area (Å²) in [5.74, 6) is -0.140. The highest BCUT2D eigenvalue weighted by molar-refractivity contribution is 5.84. The second-order valence-electron chi connectivity index (χ2n) is 7.29. The van der Waals surface area contributed by atoms with E-state index in [1.807, 2.05) is 4.90 Å². The predicted molar refractivity (Wildman–Crippen MR) is 103 cm³/mol. The zero-order valence-electron chi connectivity index (χ0n) is 16.4. The third kappa shape index (κ3) is 5.20. The highest BCUT2D eigenvalue weighted by Crippen LogP contribution is 2.19. The number of rotatable bonds is 6. The zero-order chi connectivity index (χ0) is 19.9. The van der Waals surface area contributed by atoms with Gasteiger partial charge >= 0.3 is 6.03 Å². The zero-order valence-corrected chi connectivity index (χ0v) is 16.4. The van der Waals surface area contributed by atoms with Crippen LogP contribution in [0.25, 0.3) is 0 Å². The van der Waals surface area contributed by atoms with Crippen molar-refractivity contribution in [1.29, 1.82) is 0 Å². The Bertz CT molecular complexity index is 687. The summed E-state index contributed by atoms with van der Waals surface area (Å²) in [6, 6.07) is 5.99. The van der Waals surface area contributed by atoms with Gasteiger partial charge in [0.25, 0.3) is 0 Å². The van der Waals surface area contributed by atoms with Crippen molar-refractivity contribution >= 4 is 11.9 Å². The maximum atomic E-state index is 13.3. The van der Waals surface area contributed by atoms with Gasteiger partial charge in [-0.3, -0.25) is 9.69 Å². The molecule has 1 aromatic carbocycles. The molecule has 3 rings (SSSR count). The fraction of sp³-hybridized carbons (Fsp3) is 0.600. The average Bonchev–Trinajstić information content (AvgIpc) is 2.90. The van der Waals surface area contributed by atoms with Crippen molar-refractivity contribution < 1.29 is 18.7 Å². The standard InChI is InChI=1S/C20H29FN4O3/c1-28-13-12-24-9-6-18(19(24)26)23-7-3-8-25(11-10-23)20(27)22-15-16-4-2-5-17(21)14-16/h2,4-5,14,18H,3,6-13,15H2,1H3,(H,22,27). The number of urea groups is 1. The number of benzene rings is 1. The summed E-state index contributed by atoms with van der Waals surface area (Å²) < 4.78 is 18.3. The molecule has 0 bridgehead atoms. The van der Waals surface area contributed by atoms with Crippen LogP contribution in [0.3, 0.4) is 0 Å². The van der Waals surface area contributed by atoms with Crippen molar-refractivity contribution in [3.05, 3.63) is 35.6 Å². The molecule has 28 heavy (non-hydrogen) atoms. The lowest BCUT2D eigenvalue weighted by molar-refractivity contribution is -0.132. The van der Waals surface area contributed by atoms with E-state index in [1.54, 1.807) is 24.1 Å². The first-order valence-corrected chi connectivity index (χ1v) is 9.87. The number of likely N-dealkylation sites (tertiary alicyclic amines) is 1. The molecule has 0 spiro atoms. The number of hydrogen-bond acceptors (Lipinski definition) is 4. The lowest BCUT2D eigenvalue weighted by Gasteiger charge is -2.26. The summed E-state index contributed by atoms with van der Waals surface area (Å²) in [6.07, 6.45) is 1.66. The minimum absolute atomic E-state index is 0.0906. The third-order valence-electron chi connectivity index (χ3n) is 5.43. The Balaban J connectivity index is 1.48. The molecule has 7 nitrogen and oxygen atoms in total. The largest absolute Gasteiger partial charge is 0.383 e. The van der Waals surface area contributed by atoms with Crippen molar-refractivity contribution in [3.63, 3.8) is 0 Å². The first-order chi connectivity index (χ1) is 13.6. The van der Waals surface area contributed by atoms with Gasteiger partial charge in [0.2, 0.25) is 5.91 Å². The SMILES string of the molecule is COCCN1CCC(N2CCCN(C(=O)NCc3cccc(F)c3)CC2)C1=O. The van der Waals surface area contributed by atoms with Crippen LogP contribution in [0.1, 0.15) is 18.4 Å². The fourth-order valence-electron chi connectivity index (χ4n) is 3.87. The smallest absolute Gasteiger partial charge is 0.317 e. The summed E-state index contributed by atoms with van der Waals surface area (Å²) in [4.78, 5) is 31.0. The number of carbonyl (C=O) groups excluding carboxylic acids is 2. The second-order valence-corrected chi connectivity index (χ2v) is 7.29. The first kappa shape index (κ1) is 20.5. The Labute approximate surface area is 165 Å². The van der Waals surface area contributed by atoms with Crippen LogP contribution in [0, 0.1) is 5.82 Å². The van der Waals surface area contributed by atoms with Crippen LogP contribution in [-0.2, 0) is 16.1 Å². The van der Waals surface area contributed by atoms with Crippen LogP contribution in [0.4, 0.5) is 9.18 Å². The van der Waals surface area contributed by atoms with Gasteiger partial charge in [0.1, 0.15) is 5.82 Å². The number of nitrogens with one attached hydrogen (secondary N) is 1. The molecule has 1 N–H and O–H groups in total. The van der Waals surface area contributed by atoms with Gasteiger partial charge < -0.3 is 19.9 Å². The molecule has 1 aromatic rings. The first-order valence-electron chi connectivity index (χ1n) is 9.87. The third-order valence-corrected chi connectivity index (χ3v) is 5.43. The van der Waals surface area contributed by atoms with Crippen LogP contribution in [0.5, 0.6) is 0 Å². The van der Waals surface area contributed by atoms with Crippen LogP contribution < -0.4 is 5.32 Å². The molecule has 0 saturated carbocycles. The van der Waals surface area contributed by atoms with Crippen LogP contribution >= 0.6 is 0 Å². The number of carbonyl (C=O) groups is 2. The highest BCUT2D eigenvalue weighted by Gasteiger charge is 2.36. The molecule has 0 aliphatic carbocycles. The number of methoxy groups -OCH3 is 1. The Morgan fingerprint density at radius 1 is 1.25 bits per heavy atom. The van der Waals surface area contributed by atoms with Crippen LogP contribution in [0.2, 0.25) is 0 Å². The van der Waals surface area contributed by atoms with Crippen molar-refractivity contribution in [2.45, 2.75) is 25.4 Å². The van der Waals surface area contributed by atoms with E-state index in [-0.39, 0.29) is 23.8 Å². The fourth-order valence-corrected chi connectivity index (χ4v) is 3.87. The van der Waals surface area contributed by atoms with Gasteiger partial charge in [-0.05, 0) is 30.5 Å². The van der Waals surface area contributed by atoms with Crippen molar-refractivity contribution in [2.75, 3.05) is 53.0 Å². The molecule has 2 aliphatic rings. The van der Waals surface area contributed by atoms with E-state index in [0.717, 1.165) is 31.5 Å². The highest BCUT2D eigenvalue weighted by atomic mass is 19.1. The Hall–Kier alpha value is -2.19. The van der Waals surface area contributed by atoms with Gasteiger partial charge in [-0.2, -0.15) is 0 Å². The monoisotopic (exact) mass is 392 g/mol. The molecule has 2 heterocycles. The minimum atomic E-state index is -0.307. The lowest BCUT2D eigenvalue weighted by Crippen LogP contribution is -2.45. The van der Waals surface area contributed by atoms with E-state index in [1.165, 1.54) is 12.1 Å². The molecule has 8 heteroatoms. The second kappa shape index (κ2) is 9.84. The molecule has 0 aromatic heterocycles. The summed E-state index contributed by atoms with van der Waals surface area (Å²) in [7, 11) is 1.64. The Morgan fingerprint density at radius 3 is 2.89 bits per heavy atom. The van der Waals surface area contributed by atoms with E-state index in [0.29, 0.717) is 39.3 Å². The molecule has 2 saturated heterocycles. The maximum Gasteiger partial charge on any atom is 0.317 e. The normalized spacial score (nSPS) is 21.1. The summed E-state index contributed by atoms with van der Waals surface area (Å²) in [5.41, 5.74) is 0.734. The summed E-state index contributed by atoms with van der Waals surface area (Å²) >= 11 is 0. The molecule has 3 amide bonds. The molecule has 154 valence electrons. The van der Waals surface area contributed by atoms with E-state index in [2.05, 4.69) is 10.2 Å². The van der Waals surface area contributed by atoms with E-state index >= 15 is 0 Å². The molecule has 0 radical (unpaired) electrons. The van der Waals surface area contributed by atoms with Gasteiger partial charge in [0.05, 0.1) is 12.6 Å². The number of halogens is 1. The maximum absolute atomic E-state index is 13.3. The summed E-state index contributed by atoms with van der Waals surface area (Å²) in [5, 5.41) is 2.86. The van der Waals surface area contributed by atoms with Crippen molar-refractivity contribution in [3.8, 4) is 0 Å². The predicted octanol–water partition coefficient (Wildman–Crippen LogP) is 1.29. The van der Waals surface area contributed by atoms with E-state index in [9.17, 15) is 14.0 Å². The number of amides is 3. The van der Waals surface area contributed by atoms with Crippen molar-refractivity contribution in [1.82, 2.24) is 20.0 Å². The van der Waals surface area contributed by atoms with Gasteiger partial charge in [-0.15, -0.1) is 0 Å². The molecular formula is C20H29FN4O3. The topological polar surface area (TPSA) is 65.1 Å². The Morgan fingerprint density at radius 2 is 2.11 bits per heavy atom. The molecule has 1 atom stereocenters. The molecular weight excluding hydrogens is 363 g/mol. The van der Waals surface area contributed by atoms with Gasteiger partial charge in [0.15, 0.2) is 0 Å². The average molecular weight is 392 g/mol. The van der Waals surface area contributed by atoms with E-state index < -0.39 is 0 Å². The van der Waals surface area contributed by atoms with E-state index in [4.69, 9.17) is 4.74 Å². The Kier molecular flexibility index (Phi) is 7.22. The van der Waals surface area contributed by atoms with Crippen molar-refractivity contribution in [2.24, 2.45) is 0 Å². The quantitative estimate of drug-likeness (QED) is 0.792. The van der Waals surface area contributed by atoms with Crippen LogP contribution in [0.15, 0.2) is 24.3 Å². The number of hydrogen-bond donors (Lipinski definition) is 1. The summed E-state index contributed by atoms with van der Waals surface area (Å²) in [6.45, 7) is 4.97. The van der Waals surface area contributed by atoms with Crippen LogP contribution in [-0.4, -0.2) is 85.7 Å². The van der Waals surface area contributed by atoms with Gasteiger partial charge in [-0.25, -0.2) is 9.18 Å².